The Morgan fingerprint density at radius 1 is 1.26 bits per heavy atom. The number of nitro benzene ring substituents is 1. The summed E-state index contributed by atoms with van der Waals surface area (Å²) in [5, 5.41) is 10.5. The van der Waals surface area contributed by atoms with Crippen molar-refractivity contribution in [2.75, 3.05) is 32.7 Å². The van der Waals surface area contributed by atoms with Crippen LogP contribution in [0.2, 0.25) is 0 Å². The van der Waals surface area contributed by atoms with Crippen molar-refractivity contribution in [1.29, 1.82) is 0 Å². The molecule has 2 rings (SSSR count). The van der Waals surface area contributed by atoms with Crippen molar-refractivity contribution in [3.8, 4) is 0 Å². The molecule has 0 amide bonds. The normalized spacial score (nSPS) is 17.6. The lowest BCUT2D eigenvalue weighted by Gasteiger charge is -2.34. The van der Waals surface area contributed by atoms with Gasteiger partial charge in [-0.15, -0.1) is 0 Å². The molecule has 0 aromatic heterocycles. The van der Waals surface area contributed by atoms with Gasteiger partial charge in [0, 0.05) is 38.8 Å². The van der Waals surface area contributed by atoms with E-state index in [-0.39, 0.29) is 0 Å². The van der Waals surface area contributed by atoms with Crippen molar-refractivity contribution in [3.63, 3.8) is 0 Å². The van der Waals surface area contributed by atoms with Crippen LogP contribution in [0.25, 0.3) is 0 Å². The third-order valence-corrected chi connectivity index (χ3v) is 3.53. The van der Waals surface area contributed by atoms with E-state index in [0.717, 1.165) is 38.3 Å². The van der Waals surface area contributed by atoms with Crippen LogP contribution in [0.15, 0.2) is 18.2 Å². The lowest BCUT2D eigenvalue weighted by Crippen LogP contribution is -2.45. The summed E-state index contributed by atoms with van der Waals surface area (Å²) in [5.74, 6) is -0.755. The van der Waals surface area contributed by atoms with Crippen LogP contribution in [-0.2, 0) is 6.54 Å². The van der Waals surface area contributed by atoms with E-state index in [9.17, 15) is 14.5 Å². The zero-order valence-electron chi connectivity index (χ0n) is 11.0. The number of hydrogen-bond acceptors (Lipinski definition) is 4. The predicted molar refractivity (Wildman–Crippen MR) is 70.4 cm³/mol. The van der Waals surface area contributed by atoms with Crippen molar-refractivity contribution < 1.29 is 9.31 Å². The summed E-state index contributed by atoms with van der Waals surface area (Å²) in [6.07, 6.45) is 0. The van der Waals surface area contributed by atoms with Crippen LogP contribution in [0.3, 0.4) is 0 Å². The van der Waals surface area contributed by atoms with Gasteiger partial charge >= 0.3 is 5.69 Å². The molecule has 6 heteroatoms. The van der Waals surface area contributed by atoms with Crippen molar-refractivity contribution in [1.82, 2.24) is 9.80 Å². The van der Waals surface area contributed by atoms with Gasteiger partial charge in [0.1, 0.15) is 0 Å². The molecule has 0 N–H and O–H groups in total. The number of likely N-dealkylation sites (N-methyl/N-ethyl adjacent to an activating group) is 1. The Kier molecular flexibility index (Phi) is 4.44. The van der Waals surface area contributed by atoms with Crippen LogP contribution in [0.4, 0.5) is 10.1 Å². The molecule has 0 atom stereocenters. The van der Waals surface area contributed by atoms with E-state index in [1.54, 1.807) is 6.07 Å². The lowest BCUT2D eigenvalue weighted by molar-refractivity contribution is -0.387. The van der Waals surface area contributed by atoms with Crippen LogP contribution in [0.5, 0.6) is 0 Å². The standard InChI is InChI=1S/C13H18FN3O2/c1-2-15-5-7-16(8-6-15)10-11-3-4-13(17(18)19)12(14)9-11/h3-4,9H,2,5-8,10H2,1H3. The quantitative estimate of drug-likeness (QED) is 0.617. The van der Waals surface area contributed by atoms with Gasteiger partial charge in [0.05, 0.1) is 4.92 Å². The number of piperazine rings is 1. The molecule has 1 aliphatic rings. The molecule has 19 heavy (non-hydrogen) atoms. The summed E-state index contributed by atoms with van der Waals surface area (Å²) in [5.41, 5.74) is 0.326. The molecule has 0 spiro atoms. The van der Waals surface area contributed by atoms with E-state index in [2.05, 4.69) is 16.7 Å². The molecular formula is C13H18FN3O2. The highest BCUT2D eigenvalue weighted by molar-refractivity contribution is 5.34. The molecule has 1 aromatic carbocycles. The molecule has 104 valence electrons. The fraction of sp³-hybridized carbons (Fsp3) is 0.538. The minimum Gasteiger partial charge on any atom is -0.301 e. The monoisotopic (exact) mass is 267 g/mol. The van der Waals surface area contributed by atoms with Crippen molar-refractivity contribution in [3.05, 3.63) is 39.7 Å². The summed E-state index contributed by atoms with van der Waals surface area (Å²) < 4.78 is 13.5. The van der Waals surface area contributed by atoms with Crippen LogP contribution >= 0.6 is 0 Å². The fourth-order valence-electron chi connectivity index (χ4n) is 2.32. The third-order valence-electron chi connectivity index (χ3n) is 3.53. The van der Waals surface area contributed by atoms with Crippen molar-refractivity contribution in [2.24, 2.45) is 0 Å². The molecule has 5 nitrogen and oxygen atoms in total. The van der Waals surface area contributed by atoms with Gasteiger partial charge in [-0.25, -0.2) is 0 Å². The van der Waals surface area contributed by atoms with E-state index in [4.69, 9.17) is 0 Å². The van der Waals surface area contributed by atoms with Gasteiger partial charge < -0.3 is 4.90 Å². The molecule has 1 aliphatic heterocycles. The molecule has 1 saturated heterocycles. The molecule has 0 aliphatic carbocycles. The Balaban J connectivity index is 1.97. The topological polar surface area (TPSA) is 49.6 Å². The average Bonchev–Trinajstić information content (AvgIpc) is 2.39. The summed E-state index contributed by atoms with van der Waals surface area (Å²) >= 11 is 0. The third kappa shape index (κ3) is 3.48. The van der Waals surface area contributed by atoms with E-state index >= 15 is 0 Å². The van der Waals surface area contributed by atoms with Crippen LogP contribution in [0, 0.1) is 15.9 Å². The first-order valence-electron chi connectivity index (χ1n) is 6.47. The number of nitrogens with zero attached hydrogens (tertiary/aromatic N) is 3. The maximum atomic E-state index is 13.5. The number of hydrogen-bond donors (Lipinski definition) is 0. The van der Waals surface area contributed by atoms with Crippen molar-refractivity contribution >= 4 is 5.69 Å². The smallest absolute Gasteiger partial charge is 0.301 e. The van der Waals surface area contributed by atoms with Gasteiger partial charge in [-0.2, -0.15) is 4.39 Å². The largest absolute Gasteiger partial charge is 0.304 e. The van der Waals surface area contributed by atoms with Gasteiger partial charge in [0.15, 0.2) is 0 Å². The summed E-state index contributed by atoms with van der Waals surface area (Å²) in [4.78, 5) is 14.5. The Bertz CT molecular complexity index is 459. The summed E-state index contributed by atoms with van der Waals surface area (Å²) in [6.45, 7) is 7.78. The first kappa shape index (κ1) is 13.9. The number of nitro groups is 1. The highest BCUT2D eigenvalue weighted by Crippen LogP contribution is 2.19. The van der Waals surface area contributed by atoms with E-state index < -0.39 is 16.4 Å². The first-order valence-corrected chi connectivity index (χ1v) is 6.47. The highest BCUT2D eigenvalue weighted by Gasteiger charge is 2.18. The first-order chi connectivity index (χ1) is 9.10. The second-order valence-corrected chi connectivity index (χ2v) is 4.75. The summed E-state index contributed by atoms with van der Waals surface area (Å²) in [6, 6.07) is 4.14. The highest BCUT2D eigenvalue weighted by atomic mass is 19.1. The molecule has 1 fully saturated rings. The van der Waals surface area contributed by atoms with Crippen LogP contribution < -0.4 is 0 Å². The van der Waals surface area contributed by atoms with Gasteiger partial charge in [-0.3, -0.25) is 15.0 Å². The number of rotatable bonds is 4. The van der Waals surface area contributed by atoms with E-state index in [0.29, 0.717) is 6.54 Å². The predicted octanol–water partition coefficient (Wildman–Crippen LogP) is 1.87. The second kappa shape index (κ2) is 6.08. The Labute approximate surface area is 111 Å². The van der Waals surface area contributed by atoms with Gasteiger partial charge in [-0.05, 0) is 18.2 Å². The SMILES string of the molecule is CCN1CCN(Cc2ccc([N+](=O)[O-])c(F)c2)CC1. The Morgan fingerprint density at radius 2 is 1.89 bits per heavy atom. The van der Waals surface area contributed by atoms with E-state index in [1.165, 1.54) is 12.1 Å². The fourth-order valence-corrected chi connectivity index (χ4v) is 2.32. The zero-order valence-corrected chi connectivity index (χ0v) is 11.0. The van der Waals surface area contributed by atoms with Gasteiger partial charge in [-0.1, -0.05) is 13.0 Å². The molecule has 0 radical (unpaired) electrons. The molecular weight excluding hydrogens is 249 g/mol. The molecule has 0 saturated carbocycles. The average molecular weight is 267 g/mol. The van der Waals surface area contributed by atoms with Gasteiger partial charge in [0.25, 0.3) is 0 Å². The van der Waals surface area contributed by atoms with Crippen LogP contribution in [0.1, 0.15) is 12.5 Å². The Hall–Kier alpha value is -1.53. The zero-order chi connectivity index (χ0) is 13.8. The summed E-state index contributed by atoms with van der Waals surface area (Å²) in [7, 11) is 0. The van der Waals surface area contributed by atoms with Crippen molar-refractivity contribution in [2.45, 2.75) is 13.5 Å². The maximum Gasteiger partial charge on any atom is 0.304 e. The number of benzene rings is 1. The minimum atomic E-state index is -0.755. The second-order valence-electron chi connectivity index (χ2n) is 4.75. The molecule has 0 bridgehead atoms. The molecule has 0 unspecified atom stereocenters. The Morgan fingerprint density at radius 3 is 2.42 bits per heavy atom. The van der Waals surface area contributed by atoms with Gasteiger partial charge in [0.2, 0.25) is 5.82 Å². The molecule has 1 heterocycles. The van der Waals surface area contributed by atoms with Crippen LogP contribution in [-0.4, -0.2) is 47.4 Å². The maximum absolute atomic E-state index is 13.5. The van der Waals surface area contributed by atoms with E-state index in [1.807, 2.05) is 0 Å². The minimum absolute atomic E-state index is 0.459. The number of halogens is 1. The lowest BCUT2D eigenvalue weighted by atomic mass is 10.1. The molecule has 1 aromatic rings.